The molecule has 0 bridgehead atoms. The minimum Gasteiger partial charge on any atom is -0.378 e. The molecule has 2 heterocycles. The minimum atomic E-state index is -0.0880. The molecule has 2 fully saturated rings. The van der Waals surface area contributed by atoms with Crippen molar-refractivity contribution in [2.75, 3.05) is 70.2 Å². The standard InChI is InChI=1S/C19H29ClN4O2/c1-22-7-3-4-15(13-22)14-23(2)19(25)21-17-12-16(20)5-6-18(17)24-8-10-26-11-9-24/h5-6,12,15H,3-4,7-11,13-14H2,1-2H3,(H,21,25). The number of hydrogen-bond donors (Lipinski definition) is 1. The maximum absolute atomic E-state index is 12.7. The molecule has 0 radical (unpaired) electrons. The van der Waals surface area contributed by atoms with Gasteiger partial charge in [0.1, 0.15) is 0 Å². The average molecular weight is 381 g/mol. The number of morpholine rings is 1. The maximum Gasteiger partial charge on any atom is 0.321 e. The Kier molecular flexibility index (Phi) is 6.62. The zero-order chi connectivity index (χ0) is 18.5. The first-order valence-electron chi connectivity index (χ1n) is 9.36. The van der Waals surface area contributed by atoms with Crippen LogP contribution in [0.2, 0.25) is 5.02 Å². The van der Waals surface area contributed by atoms with E-state index >= 15 is 0 Å². The third-order valence-corrected chi connectivity index (χ3v) is 5.39. The van der Waals surface area contributed by atoms with E-state index < -0.39 is 0 Å². The lowest BCUT2D eigenvalue weighted by molar-refractivity contribution is 0.123. The number of likely N-dealkylation sites (tertiary alicyclic amines) is 1. The predicted octanol–water partition coefficient (Wildman–Crippen LogP) is 2.98. The lowest BCUT2D eigenvalue weighted by atomic mass is 9.98. The van der Waals surface area contributed by atoms with E-state index in [1.54, 1.807) is 4.90 Å². The van der Waals surface area contributed by atoms with Gasteiger partial charge in [-0.2, -0.15) is 0 Å². The zero-order valence-electron chi connectivity index (χ0n) is 15.7. The van der Waals surface area contributed by atoms with Crippen molar-refractivity contribution in [3.63, 3.8) is 0 Å². The molecule has 2 aliphatic rings. The van der Waals surface area contributed by atoms with Gasteiger partial charge in [0.05, 0.1) is 24.6 Å². The van der Waals surface area contributed by atoms with Crippen molar-refractivity contribution in [3.8, 4) is 0 Å². The molecule has 26 heavy (non-hydrogen) atoms. The van der Waals surface area contributed by atoms with Crippen molar-refractivity contribution >= 4 is 29.0 Å². The van der Waals surface area contributed by atoms with Gasteiger partial charge in [0.15, 0.2) is 0 Å². The van der Waals surface area contributed by atoms with Crippen molar-refractivity contribution in [2.45, 2.75) is 12.8 Å². The molecule has 2 aliphatic heterocycles. The van der Waals surface area contributed by atoms with Gasteiger partial charge in [0.2, 0.25) is 0 Å². The van der Waals surface area contributed by atoms with Gasteiger partial charge < -0.3 is 24.8 Å². The summed E-state index contributed by atoms with van der Waals surface area (Å²) in [5, 5.41) is 3.68. The van der Waals surface area contributed by atoms with E-state index in [0.29, 0.717) is 24.2 Å². The van der Waals surface area contributed by atoms with Crippen molar-refractivity contribution in [2.24, 2.45) is 5.92 Å². The van der Waals surface area contributed by atoms with Crippen LogP contribution in [-0.4, -0.2) is 75.9 Å². The molecule has 0 saturated carbocycles. The number of hydrogen-bond acceptors (Lipinski definition) is 4. The first-order valence-corrected chi connectivity index (χ1v) is 9.73. The molecule has 0 spiro atoms. The Morgan fingerprint density at radius 3 is 2.85 bits per heavy atom. The molecule has 2 amide bonds. The maximum atomic E-state index is 12.7. The Labute approximate surface area is 161 Å². The van der Waals surface area contributed by atoms with Gasteiger partial charge in [-0.3, -0.25) is 0 Å². The van der Waals surface area contributed by atoms with Gasteiger partial charge in [0.25, 0.3) is 0 Å². The van der Waals surface area contributed by atoms with Gasteiger partial charge in [-0.15, -0.1) is 0 Å². The second kappa shape index (κ2) is 8.93. The molecule has 144 valence electrons. The summed E-state index contributed by atoms with van der Waals surface area (Å²) in [6, 6.07) is 5.57. The van der Waals surface area contributed by atoms with Crippen LogP contribution in [-0.2, 0) is 4.74 Å². The van der Waals surface area contributed by atoms with Crippen LogP contribution in [0.25, 0.3) is 0 Å². The number of ether oxygens (including phenoxy) is 1. The van der Waals surface area contributed by atoms with E-state index in [1.165, 1.54) is 12.8 Å². The fourth-order valence-electron chi connectivity index (χ4n) is 3.79. The minimum absolute atomic E-state index is 0.0880. The van der Waals surface area contributed by atoms with Gasteiger partial charge in [-0.1, -0.05) is 11.6 Å². The molecular formula is C19H29ClN4O2. The van der Waals surface area contributed by atoms with E-state index in [9.17, 15) is 4.79 Å². The van der Waals surface area contributed by atoms with Crippen molar-refractivity contribution in [1.82, 2.24) is 9.80 Å². The van der Waals surface area contributed by atoms with Crippen LogP contribution in [0.1, 0.15) is 12.8 Å². The Morgan fingerprint density at radius 1 is 1.35 bits per heavy atom. The van der Waals surface area contributed by atoms with Crippen molar-refractivity contribution in [1.29, 1.82) is 0 Å². The summed E-state index contributed by atoms with van der Waals surface area (Å²) in [6.07, 6.45) is 2.38. The first kappa shape index (κ1) is 19.3. The molecule has 3 rings (SSSR count). The first-order chi connectivity index (χ1) is 12.5. The van der Waals surface area contributed by atoms with E-state index in [0.717, 1.165) is 44.1 Å². The molecule has 0 aromatic heterocycles. The summed E-state index contributed by atoms with van der Waals surface area (Å²) >= 11 is 6.18. The summed E-state index contributed by atoms with van der Waals surface area (Å²) in [7, 11) is 4.01. The molecule has 1 unspecified atom stereocenters. The SMILES string of the molecule is CN1CCCC(CN(C)C(=O)Nc2cc(Cl)ccc2N2CCOCC2)C1. The monoisotopic (exact) mass is 380 g/mol. The number of carbonyl (C=O) groups excluding carboxylic acids is 1. The number of anilines is 2. The van der Waals surface area contributed by atoms with Crippen molar-refractivity contribution in [3.05, 3.63) is 23.2 Å². The number of amides is 2. The normalized spacial score (nSPS) is 21.5. The van der Waals surface area contributed by atoms with Crippen LogP contribution >= 0.6 is 11.6 Å². The summed E-state index contributed by atoms with van der Waals surface area (Å²) in [5.41, 5.74) is 1.76. The van der Waals surface area contributed by atoms with Crippen LogP contribution in [0, 0.1) is 5.92 Å². The number of nitrogens with zero attached hydrogens (tertiary/aromatic N) is 3. The topological polar surface area (TPSA) is 48.0 Å². The molecule has 6 nitrogen and oxygen atoms in total. The largest absolute Gasteiger partial charge is 0.378 e. The Hall–Kier alpha value is -1.50. The van der Waals surface area contributed by atoms with Crippen LogP contribution in [0.15, 0.2) is 18.2 Å². The second-order valence-electron chi connectivity index (χ2n) is 7.34. The Morgan fingerprint density at radius 2 is 2.12 bits per heavy atom. The number of piperidine rings is 1. The van der Waals surface area contributed by atoms with E-state index in [1.807, 2.05) is 25.2 Å². The zero-order valence-corrected chi connectivity index (χ0v) is 16.5. The Balaban J connectivity index is 1.65. The average Bonchev–Trinajstić information content (AvgIpc) is 2.62. The highest BCUT2D eigenvalue weighted by molar-refractivity contribution is 6.31. The number of halogens is 1. The van der Waals surface area contributed by atoms with Crippen LogP contribution in [0.4, 0.5) is 16.2 Å². The number of benzene rings is 1. The predicted molar refractivity (Wildman–Crippen MR) is 106 cm³/mol. The fourth-order valence-corrected chi connectivity index (χ4v) is 3.96. The number of nitrogens with one attached hydrogen (secondary N) is 1. The van der Waals surface area contributed by atoms with Gasteiger partial charge in [-0.05, 0) is 50.6 Å². The highest BCUT2D eigenvalue weighted by atomic mass is 35.5. The molecule has 7 heteroatoms. The summed E-state index contributed by atoms with van der Waals surface area (Å²) in [4.78, 5) is 19.1. The van der Waals surface area contributed by atoms with E-state index in [2.05, 4.69) is 22.2 Å². The molecule has 1 N–H and O–H groups in total. The molecule has 1 aromatic rings. The number of rotatable bonds is 4. The fraction of sp³-hybridized carbons (Fsp3) is 0.632. The Bertz CT molecular complexity index is 622. The molecule has 0 aliphatic carbocycles. The van der Waals surface area contributed by atoms with Gasteiger partial charge in [-0.25, -0.2) is 4.79 Å². The quantitative estimate of drug-likeness (QED) is 0.872. The van der Waals surface area contributed by atoms with Crippen LogP contribution in [0.3, 0.4) is 0 Å². The molecule has 1 aromatic carbocycles. The molecule has 2 saturated heterocycles. The van der Waals surface area contributed by atoms with Crippen molar-refractivity contribution < 1.29 is 9.53 Å². The summed E-state index contributed by atoms with van der Waals surface area (Å²) in [5.74, 6) is 0.530. The number of carbonyl (C=O) groups is 1. The van der Waals surface area contributed by atoms with Crippen LogP contribution < -0.4 is 10.2 Å². The molecular weight excluding hydrogens is 352 g/mol. The van der Waals surface area contributed by atoms with E-state index in [-0.39, 0.29) is 6.03 Å². The third-order valence-electron chi connectivity index (χ3n) is 5.15. The summed E-state index contributed by atoms with van der Waals surface area (Å²) in [6.45, 7) is 6.00. The highest BCUT2D eigenvalue weighted by Gasteiger charge is 2.22. The highest BCUT2D eigenvalue weighted by Crippen LogP contribution is 2.30. The lowest BCUT2D eigenvalue weighted by Gasteiger charge is -2.33. The molecule has 1 atom stereocenters. The summed E-state index contributed by atoms with van der Waals surface area (Å²) < 4.78 is 5.43. The second-order valence-corrected chi connectivity index (χ2v) is 7.78. The van der Waals surface area contributed by atoms with Gasteiger partial charge in [0, 0.05) is 38.2 Å². The number of urea groups is 1. The van der Waals surface area contributed by atoms with Gasteiger partial charge >= 0.3 is 6.03 Å². The third kappa shape index (κ3) is 5.02. The van der Waals surface area contributed by atoms with E-state index in [4.69, 9.17) is 16.3 Å². The van der Waals surface area contributed by atoms with Crippen LogP contribution in [0.5, 0.6) is 0 Å². The smallest absolute Gasteiger partial charge is 0.321 e. The lowest BCUT2D eigenvalue weighted by Crippen LogP contribution is -2.41.